The predicted molar refractivity (Wildman–Crippen MR) is 81.0 cm³/mol. The molecule has 2 heterocycles. The van der Waals surface area contributed by atoms with E-state index in [2.05, 4.69) is 0 Å². The van der Waals surface area contributed by atoms with Crippen molar-refractivity contribution in [1.29, 1.82) is 0 Å². The second-order valence-electron chi connectivity index (χ2n) is 5.89. The van der Waals surface area contributed by atoms with Crippen LogP contribution in [0, 0.1) is 0 Å². The van der Waals surface area contributed by atoms with Crippen molar-refractivity contribution in [3.05, 3.63) is 18.0 Å². The first kappa shape index (κ1) is 15.3. The van der Waals surface area contributed by atoms with E-state index in [0.29, 0.717) is 23.4 Å². The van der Waals surface area contributed by atoms with E-state index < -0.39 is 10.0 Å². The summed E-state index contributed by atoms with van der Waals surface area (Å²) in [7, 11) is -1.86. The maximum Gasteiger partial charge on any atom is 0.244 e. The van der Waals surface area contributed by atoms with Gasteiger partial charge in [-0.3, -0.25) is 0 Å². The molecule has 0 radical (unpaired) electrons. The van der Waals surface area contributed by atoms with Crippen molar-refractivity contribution >= 4 is 21.6 Å². The molecule has 1 saturated heterocycles. The molecule has 1 saturated carbocycles. The molecule has 0 amide bonds. The number of alkyl halides is 1. The van der Waals surface area contributed by atoms with Gasteiger partial charge in [0.15, 0.2) is 0 Å². The highest BCUT2D eigenvalue weighted by Crippen LogP contribution is 2.38. The van der Waals surface area contributed by atoms with Crippen LogP contribution in [0.3, 0.4) is 0 Å². The van der Waals surface area contributed by atoms with E-state index in [4.69, 9.17) is 16.3 Å². The second kappa shape index (κ2) is 5.57. The smallest absolute Gasteiger partial charge is 0.244 e. The summed E-state index contributed by atoms with van der Waals surface area (Å²) in [6.45, 7) is 2.53. The average molecular weight is 333 g/mol. The van der Waals surface area contributed by atoms with Gasteiger partial charge in [-0.2, -0.15) is 4.31 Å². The molecule has 0 spiro atoms. The van der Waals surface area contributed by atoms with E-state index in [0.717, 1.165) is 25.0 Å². The Hall–Kier alpha value is -0.560. The molecule has 1 aliphatic carbocycles. The molecule has 2 unspecified atom stereocenters. The minimum Gasteiger partial charge on any atom is -0.377 e. The molecule has 0 bridgehead atoms. The first-order chi connectivity index (χ1) is 9.95. The highest BCUT2D eigenvalue weighted by molar-refractivity contribution is 7.89. The SMILES string of the molecule is CC1OCCC1N(C)S(=O)(=O)c1cc(CCl)n(C2CC2)c1. The highest BCUT2D eigenvalue weighted by Gasteiger charge is 2.36. The van der Waals surface area contributed by atoms with E-state index in [-0.39, 0.29) is 12.1 Å². The number of hydrogen-bond acceptors (Lipinski definition) is 3. The summed E-state index contributed by atoms with van der Waals surface area (Å²) < 4.78 is 34.6. The number of aromatic nitrogens is 1. The molecule has 2 atom stereocenters. The van der Waals surface area contributed by atoms with Gasteiger partial charge in [-0.1, -0.05) is 0 Å². The van der Waals surface area contributed by atoms with Gasteiger partial charge in [0.25, 0.3) is 0 Å². The normalized spacial score (nSPS) is 26.7. The topological polar surface area (TPSA) is 51.5 Å². The molecule has 0 aromatic carbocycles. The Morgan fingerprint density at radius 3 is 2.67 bits per heavy atom. The molecule has 1 aromatic rings. The summed E-state index contributed by atoms with van der Waals surface area (Å²) >= 11 is 5.95. The molecule has 2 aliphatic rings. The van der Waals surface area contributed by atoms with Crippen molar-refractivity contribution in [3.63, 3.8) is 0 Å². The van der Waals surface area contributed by atoms with Gasteiger partial charge >= 0.3 is 0 Å². The molecule has 7 heteroatoms. The lowest BCUT2D eigenvalue weighted by molar-refractivity contribution is 0.102. The monoisotopic (exact) mass is 332 g/mol. The van der Waals surface area contributed by atoms with Crippen molar-refractivity contribution in [2.24, 2.45) is 0 Å². The zero-order valence-electron chi connectivity index (χ0n) is 12.3. The summed E-state index contributed by atoms with van der Waals surface area (Å²) in [4.78, 5) is 0.339. The van der Waals surface area contributed by atoms with Crippen LogP contribution in [0.2, 0.25) is 0 Å². The standard InChI is InChI=1S/C14H21ClN2O3S/c1-10-14(5-6-20-10)16(2)21(18,19)13-7-12(8-15)17(9-13)11-3-4-11/h7,9-11,14H,3-6,8H2,1-2H3. The lowest BCUT2D eigenvalue weighted by Gasteiger charge is -2.25. The lowest BCUT2D eigenvalue weighted by atomic mass is 10.2. The van der Waals surface area contributed by atoms with Gasteiger partial charge in [-0.25, -0.2) is 8.42 Å². The Labute approximate surface area is 130 Å². The van der Waals surface area contributed by atoms with Gasteiger partial charge in [0, 0.05) is 31.6 Å². The van der Waals surface area contributed by atoms with Gasteiger partial charge < -0.3 is 9.30 Å². The summed E-state index contributed by atoms with van der Waals surface area (Å²) in [5.41, 5.74) is 0.877. The molecule has 118 valence electrons. The summed E-state index contributed by atoms with van der Waals surface area (Å²) in [6, 6.07) is 2.03. The molecule has 2 fully saturated rings. The Morgan fingerprint density at radius 1 is 1.43 bits per heavy atom. The average Bonchev–Trinajstić information content (AvgIpc) is 3.06. The number of nitrogens with zero attached hydrogens (tertiary/aromatic N) is 2. The number of rotatable bonds is 5. The largest absolute Gasteiger partial charge is 0.377 e. The van der Waals surface area contributed by atoms with Gasteiger partial charge in [0.1, 0.15) is 4.90 Å². The Morgan fingerprint density at radius 2 is 2.14 bits per heavy atom. The van der Waals surface area contributed by atoms with E-state index in [1.54, 1.807) is 19.3 Å². The molecule has 3 rings (SSSR count). The zero-order chi connectivity index (χ0) is 15.2. The van der Waals surface area contributed by atoms with Crippen molar-refractivity contribution in [3.8, 4) is 0 Å². The number of sulfonamides is 1. The van der Waals surface area contributed by atoms with Crippen LogP contribution in [0.25, 0.3) is 0 Å². The number of likely N-dealkylation sites (N-methyl/N-ethyl adjacent to an activating group) is 1. The van der Waals surface area contributed by atoms with Gasteiger partial charge in [-0.05, 0) is 32.3 Å². The van der Waals surface area contributed by atoms with Crippen molar-refractivity contribution < 1.29 is 13.2 Å². The fourth-order valence-electron chi connectivity index (χ4n) is 2.98. The quantitative estimate of drug-likeness (QED) is 0.778. The van der Waals surface area contributed by atoms with Gasteiger partial charge in [0.05, 0.1) is 18.0 Å². The van der Waals surface area contributed by atoms with Crippen molar-refractivity contribution in [1.82, 2.24) is 8.87 Å². The zero-order valence-corrected chi connectivity index (χ0v) is 13.9. The van der Waals surface area contributed by atoms with E-state index >= 15 is 0 Å². The minimum atomic E-state index is -3.50. The third-order valence-corrected chi connectivity index (χ3v) is 6.59. The predicted octanol–water partition coefficient (Wildman–Crippen LogP) is 2.36. The molecule has 0 N–H and O–H groups in total. The summed E-state index contributed by atoms with van der Waals surface area (Å²) in [6.07, 6.45) is 4.61. The maximum absolute atomic E-state index is 12.8. The van der Waals surface area contributed by atoms with Gasteiger partial charge in [-0.15, -0.1) is 11.6 Å². The molecule has 1 aromatic heterocycles. The van der Waals surface area contributed by atoms with Crippen LogP contribution in [-0.2, 0) is 20.6 Å². The highest BCUT2D eigenvalue weighted by atomic mass is 35.5. The fourth-order valence-corrected chi connectivity index (χ4v) is 4.69. The van der Waals surface area contributed by atoms with Gasteiger partial charge in [0.2, 0.25) is 10.0 Å². The van der Waals surface area contributed by atoms with Crippen LogP contribution in [0.4, 0.5) is 0 Å². The Kier molecular flexibility index (Phi) is 4.07. The van der Waals surface area contributed by atoms with E-state index in [1.165, 1.54) is 4.31 Å². The minimum absolute atomic E-state index is 0.0669. The van der Waals surface area contributed by atoms with Crippen LogP contribution in [-0.4, -0.2) is 43.1 Å². The summed E-state index contributed by atoms with van der Waals surface area (Å²) in [5, 5.41) is 0. The fraction of sp³-hybridized carbons (Fsp3) is 0.714. The third-order valence-electron chi connectivity index (χ3n) is 4.46. The number of hydrogen-bond donors (Lipinski definition) is 0. The number of halogens is 1. The number of ether oxygens (including phenoxy) is 1. The first-order valence-corrected chi connectivity index (χ1v) is 9.29. The lowest BCUT2D eigenvalue weighted by Crippen LogP contribution is -2.40. The van der Waals surface area contributed by atoms with E-state index in [1.807, 2.05) is 11.5 Å². The van der Waals surface area contributed by atoms with Crippen LogP contribution in [0.1, 0.15) is 37.9 Å². The van der Waals surface area contributed by atoms with Crippen LogP contribution in [0.5, 0.6) is 0 Å². The van der Waals surface area contributed by atoms with Crippen LogP contribution >= 0.6 is 11.6 Å². The Bertz CT molecular complexity index is 624. The molecule has 1 aliphatic heterocycles. The third kappa shape index (κ3) is 2.74. The molecular formula is C14H21ClN2O3S. The first-order valence-electron chi connectivity index (χ1n) is 7.31. The summed E-state index contributed by atoms with van der Waals surface area (Å²) in [5.74, 6) is 0.332. The maximum atomic E-state index is 12.8. The second-order valence-corrected chi connectivity index (χ2v) is 8.16. The molecule has 21 heavy (non-hydrogen) atoms. The van der Waals surface area contributed by atoms with Crippen LogP contribution < -0.4 is 0 Å². The van der Waals surface area contributed by atoms with Crippen LogP contribution in [0.15, 0.2) is 17.2 Å². The van der Waals surface area contributed by atoms with E-state index in [9.17, 15) is 8.42 Å². The van der Waals surface area contributed by atoms with Crippen molar-refractivity contribution in [2.75, 3.05) is 13.7 Å². The van der Waals surface area contributed by atoms with Crippen molar-refractivity contribution in [2.45, 2.75) is 55.1 Å². The molecular weight excluding hydrogens is 312 g/mol. The Balaban J connectivity index is 1.90. The molecule has 5 nitrogen and oxygen atoms in total.